The molecule has 0 saturated heterocycles. The Balaban J connectivity index is 2.15. The Kier molecular flexibility index (Phi) is 4.27. The van der Waals surface area contributed by atoms with Gasteiger partial charge in [0, 0.05) is 28.4 Å². The Hall–Kier alpha value is -1.95. The van der Waals surface area contributed by atoms with Crippen molar-refractivity contribution in [2.75, 3.05) is 5.32 Å². The number of thiophene rings is 1. The molecule has 0 bridgehead atoms. The molecule has 0 aliphatic heterocycles. The van der Waals surface area contributed by atoms with E-state index >= 15 is 0 Å². The van der Waals surface area contributed by atoms with Crippen LogP contribution in [0.25, 0.3) is 0 Å². The Bertz CT molecular complexity index is 662. The van der Waals surface area contributed by atoms with Gasteiger partial charge in [0.1, 0.15) is 11.5 Å². The van der Waals surface area contributed by atoms with Crippen LogP contribution in [0.2, 0.25) is 0 Å². The van der Waals surface area contributed by atoms with Crippen molar-refractivity contribution in [1.82, 2.24) is 0 Å². The summed E-state index contributed by atoms with van der Waals surface area (Å²) >= 11 is 1.65. The highest BCUT2D eigenvalue weighted by Crippen LogP contribution is 2.31. The Labute approximate surface area is 126 Å². The molecule has 0 saturated carbocycles. The predicted octanol–water partition coefficient (Wildman–Crippen LogP) is 4.71. The lowest BCUT2D eigenvalue weighted by Gasteiger charge is -2.15. The van der Waals surface area contributed by atoms with Gasteiger partial charge in [-0.3, -0.25) is 10.1 Å². The normalized spacial score (nSPS) is 11.4. The molecule has 1 heterocycles. The smallest absolute Gasteiger partial charge is 0.292 e. The van der Waals surface area contributed by atoms with Crippen LogP contribution in [0.15, 0.2) is 30.3 Å². The summed E-state index contributed by atoms with van der Waals surface area (Å²) < 4.78 is 13.2. The summed E-state index contributed by atoms with van der Waals surface area (Å²) in [5.41, 5.74) is 0.156. The lowest BCUT2D eigenvalue weighted by atomic mass is 9.95. The van der Waals surface area contributed by atoms with Crippen molar-refractivity contribution in [1.29, 1.82) is 0 Å². The van der Waals surface area contributed by atoms with Crippen LogP contribution < -0.4 is 5.32 Å². The number of nitrogens with zero attached hydrogens (tertiary/aromatic N) is 1. The van der Waals surface area contributed by atoms with Gasteiger partial charge in [-0.1, -0.05) is 20.8 Å². The molecule has 21 heavy (non-hydrogen) atoms. The van der Waals surface area contributed by atoms with Crippen LogP contribution in [0.5, 0.6) is 0 Å². The third kappa shape index (κ3) is 3.78. The van der Waals surface area contributed by atoms with Crippen molar-refractivity contribution in [3.05, 3.63) is 56.0 Å². The number of anilines is 1. The van der Waals surface area contributed by atoms with Crippen molar-refractivity contribution in [3.63, 3.8) is 0 Å². The van der Waals surface area contributed by atoms with Gasteiger partial charge in [-0.2, -0.15) is 0 Å². The molecule has 1 N–H and O–H groups in total. The SMILES string of the molecule is CC(C)(C)c1ccc(CNc2cc(F)ccc2[N+](=O)[O-])s1. The summed E-state index contributed by atoms with van der Waals surface area (Å²) in [6, 6.07) is 7.46. The van der Waals surface area contributed by atoms with Gasteiger partial charge in [0.15, 0.2) is 0 Å². The van der Waals surface area contributed by atoms with E-state index in [2.05, 4.69) is 32.2 Å². The van der Waals surface area contributed by atoms with Gasteiger partial charge in [-0.25, -0.2) is 4.39 Å². The second-order valence-corrected chi connectivity index (χ2v) is 6.96. The second kappa shape index (κ2) is 5.81. The number of hydrogen-bond donors (Lipinski definition) is 1. The molecule has 2 rings (SSSR count). The van der Waals surface area contributed by atoms with E-state index in [1.807, 2.05) is 6.07 Å². The molecular formula is C15H17FN2O2S. The van der Waals surface area contributed by atoms with E-state index in [4.69, 9.17) is 0 Å². The fourth-order valence-electron chi connectivity index (χ4n) is 1.87. The van der Waals surface area contributed by atoms with Gasteiger partial charge in [0.05, 0.1) is 4.92 Å². The van der Waals surface area contributed by atoms with Gasteiger partial charge in [0.2, 0.25) is 0 Å². The first kappa shape index (κ1) is 15.4. The monoisotopic (exact) mass is 308 g/mol. The number of nitro groups is 1. The van der Waals surface area contributed by atoms with Crippen LogP contribution in [0, 0.1) is 15.9 Å². The molecule has 2 aromatic rings. The van der Waals surface area contributed by atoms with E-state index in [-0.39, 0.29) is 16.8 Å². The minimum Gasteiger partial charge on any atom is -0.375 e. The zero-order chi connectivity index (χ0) is 15.6. The van der Waals surface area contributed by atoms with Crippen molar-refractivity contribution < 1.29 is 9.31 Å². The van der Waals surface area contributed by atoms with Crippen molar-refractivity contribution in [3.8, 4) is 0 Å². The zero-order valence-electron chi connectivity index (χ0n) is 12.1. The topological polar surface area (TPSA) is 55.2 Å². The van der Waals surface area contributed by atoms with Crippen LogP contribution in [0.4, 0.5) is 15.8 Å². The predicted molar refractivity (Wildman–Crippen MR) is 83.4 cm³/mol. The van der Waals surface area contributed by atoms with E-state index in [9.17, 15) is 14.5 Å². The van der Waals surface area contributed by atoms with Crippen LogP contribution in [0.3, 0.4) is 0 Å². The fourth-order valence-corrected chi connectivity index (χ4v) is 2.87. The molecule has 6 heteroatoms. The lowest BCUT2D eigenvalue weighted by Crippen LogP contribution is -2.07. The summed E-state index contributed by atoms with van der Waals surface area (Å²) in [6.45, 7) is 6.83. The second-order valence-electron chi connectivity index (χ2n) is 5.79. The highest BCUT2D eigenvalue weighted by Gasteiger charge is 2.17. The van der Waals surface area contributed by atoms with E-state index in [0.29, 0.717) is 6.54 Å². The maximum Gasteiger partial charge on any atom is 0.292 e. The first-order valence-electron chi connectivity index (χ1n) is 6.54. The quantitative estimate of drug-likeness (QED) is 0.657. The maximum absolute atomic E-state index is 13.2. The summed E-state index contributed by atoms with van der Waals surface area (Å²) in [4.78, 5) is 12.7. The van der Waals surface area contributed by atoms with E-state index in [0.717, 1.165) is 17.0 Å². The molecule has 112 valence electrons. The average Bonchev–Trinajstić information content (AvgIpc) is 2.84. The number of nitrogens with one attached hydrogen (secondary N) is 1. The number of benzene rings is 1. The molecule has 0 fully saturated rings. The molecule has 0 amide bonds. The van der Waals surface area contributed by atoms with Crippen molar-refractivity contribution in [2.45, 2.75) is 32.7 Å². The molecule has 0 radical (unpaired) electrons. The third-order valence-electron chi connectivity index (χ3n) is 3.01. The third-order valence-corrected chi connectivity index (χ3v) is 4.52. The van der Waals surface area contributed by atoms with Gasteiger partial charge in [-0.05, 0) is 23.6 Å². The first-order chi connectivity index (χ1) is 9.77. The molecule has 0 unspecified atom stereocenters. The van der Waals surface area contributed by atoms with Crippen LogP contribution in [-0.2, 0) is 12.0 Å². The largest absolute Gasteiger partial charge is 0.375 e. The van der Waals surface area contributed by atoms with Gasteiger partial charge in [0.25, 0.3) is 5.69 Å². The van der Waals surface area contributed by atoms with Gasteiger partial charge < -0.3 is 5.32 Å². The Morgan fingerprint density at radius 1 is 1.29 bits per heavy atom. The molecule has 0 aliphatic rings. The fraction of sp³-hybridized carbons (Fsp3) is 0.333. The number of rotatable bonds is 4. The minimum absolute atomic E-state index is 0.0772. The van der Waals surface area contributed by atoms with Crippen LogP contribution in [0.1, 0.15) is 30.5 Å². The molecule has 0 aliphatic carbocycles. The molecule has 0 atom stereocenters. The Morgan fingerprint density at radius 2 is 2.00 bits per heavy atom. The highest BCUT2D eigenvalue weighted by atomic mass is 32.1. The van der Waals surface area contributed by atoms with Gasteiger partial charge >= 0.3 is 0 Å². The van der Waals surface area contributed by atoms with E-state index in [1.54, 1.807) is 11.3 Å². The molecule has 4 nitrogen and oxygen atoms in total. The van der Waals surface area contributed by atoms with E-state index < -0.39 is 10.7 Å². The van der Waals surface area contributed by atoms with Crippen molar-refractivity contribution in [2.24, 2.45) is 0 Å². The molecule has 1 aromatic heterocycles. The number of hydrogen-bond acceptors (Lipinski definition) is 4. The highest BCUT2D eigenvalue weighted by molar-refractivity contribution is 7.12. The van der Waals surface area contributed by atoms with Gasteiger partial charge in [-0.15, -0.1) is 11.3 Å². The maximum atomic E-state index is 13.2. The summed E-state index contributed by atoms with van der Waals surface area (Å²) in [5, 5.41) is 13.9. The summed E-state index contributed by atoms with van der Waals surface area (Å²) in [7, 11) is 0. The molecule has 0 spiro atoms. The molecule has 1 aromatic carbocycles. The van der Waals surface area contributed by atoms with E-state index in [1.165, 1.54) is 10.9 Å². The Morgan fingerprint density at radius 3 is 2.57 bits per heavy atom. The zero-order valence-corrected chi connectivity index (χ0v) is 13.0. The van der Waals surface area contributed by atoms with Crippen LogP contribution >= 0.6 is 11.3 Å². The minimum atomic E-state index is -0.517. The lowest BCUT2D eigenvalue weighted by molar-refractivity contribution is -0.384. The number of halogens is 1. The summed E-state index contributed by atoms with van der Waals surface area (Å²) in [5.74, 6) is -0.496. The standard InChI is InChI=1S/C15H17FN2O2S/c1-15(2,3)14-7-5-11(21-14)9-17-12-8-10(16)4-6-13(12)18(19)20/h4-8,17H,9H2,1-3H3. The molecular weight excluding hydrogens is 291 g/mol. The van der Waals surface area contributed by atoms with Crippen LogP contribution in [-0.4, -0.2) is 4.92 Å². The summed E-state index contributed by atoms with van der Waals surface area (Å²) in [6.07, 6.45) is 0. The number of nitro benzene ring substituents is 1. The van der Waals surface area contributed by atoms with Crippen molar-refractivity contribution >= 4 is 22.7 Å². The average molecular weight is 308 g/mol. The first-order valence-corrected chi connectivity index (χ1v) is 7.36.